The minimum absolute atomic E-state index is 0.108. The van der Waals surface area contributed by atoms with Gasteiger partial charge in [-0.2, -0.15) is 0 Å². The number of hydrogen-bond donors (Lipinski definition) is 1. The summed E-state index contributed by atoms with van der Waals surface area (Å²) in [6.45, 7) is 2.18. The van der Waals surface area contributed by atoms with Crippen LogP contribution in [0.1, 0.15) is 34.1 Å². The van der Waals surface area contributed by atoms with Crippen LogP contribution in [0.4, 0.5) is 11.4 Å². The first-order chi connectivity index (χ1) is 17.8. The van der Waals surface area contributed by atoms with E-state index >= 15 is 0 Å². The molecular weight excluding hydrogens is 564 g/mol. The molecule has 10 heteroatoms. The van der Waals surface area contributed by atoms with Crippen molar-refractivity contribution in [1.82, 2.24) is 0 Å². The molecule has 37 heavy (non-hydrogen) atoms. The van der Waals surface area contributed by atoms with Crippen LogP contribution in [0.25, 0.3) is 0 Å². The first kappa shape index (κ1) is 26.1. The fraction of sp³-hybridized carbons (Fsp3) is 0.111. The Balaban J connectivity index is 1.43. The Hall–Kier alpha value is -3.95. The number of esters is 2. The van der Waals surface area contributed by atoms with Crippen molar-refractivity contribution in [2.24, 2.45) is 0 Å². The smallest absolute Gasteiger partial charge is 0.343 e. The molecule has 0 bridgehead atoms. The van der Waals surface area contributed by atoms with Crippen molar-refractivity contribution in [3.05, 3.63) is 99.1 Å². The first-order valence-electron chi connectivity index (χ1n) is 11.2. The maximum absolute atomic E-state index is 13.0. The standard InChI is InChI=1S/C27H20BrClN2O6/c1-2-15-36-26(34)16-5-11-20(12-6-16)31-24(32)22(29)23(25(31)33)30-19-9-3-17(4-10-19)27(35)37-21-13-7-18(28)8-14-21/h3-14,30H,2,15H2,1H3. The van der Waals surface area contributed by atoms with Crippen molar-refractivity contribution in [2.45, 2.75) is 13.3 Å². The molecule has 1 aliphatic rings. The Bertz CT molecular complexity index is 1390. The molecule has 0 atom stereocenters. The Morgan fingerprint density at radius 1 is 0.865 bits per heavy atom. The van der Waals surface area contributed by atoms with E-state index in [1.165, 1.54) is 36.4 Å². The highest BCUT2D eigenvalue weighted by atomic mass is 79.9. The molecule has 1 aliphatic heterocycles. The molecule has 0 unspecified atom stereocenters. The van der Waals surface area contributed by atoms with Gasteiger partial charge in [-0.1, -0.05) is 34.5 Å². The molecule has 3 aromatic rings. The lowest BCUT2D eigenvalue weighted by atomic mass is 10.2. The summed E-state index contributed by atoms with van der Waals surface area (Å²) in [5.41, 5.74) is 1.17. The van der Waals surface area contributed by atoms with Crippen LogP contribution >= 0.6 is 27.5 Å². The van der Waals surface area contributed by atoms with Gasteiger partial charge >= 0.3 is 11.9 Å². The van der Waals surface area contributed by atoms with E-state index in [4.69, 9.17) is 21.1 Å². The van der Waals surface area contributed by atoms with Crippen molar-refractivity contribution in [3.63, 3.8) is 0 Å². The van der Waals surface area contributed by atoms with Gasteiger partial charge < -0.3 is 14.8 Å². The summed E-state index contributed by atoms with van der Waals surface area (Å²) in [5.74, 6) is -2.00. The third-order valence-electron chi connectivity index (χ3n) is 5.24. The molecule has 0 spiro atoms. The zero-order valence-electron chi connectivity index (χ0n) is 19.5. The van der Waals surface area contributed by atoms with E-state index < -0.39 is 23.8 Å². The van der Waals surface area contributed by atoms with Crippen molar-refractivity contribution in [2.75, 3.05) is 16.8 Å². The number of nitrogens with one attached hydrogen (secondary N) is 1. The monoisotopic (exact) mass is 582 g/mol. The number of imide groups is 1. The molecule has 0 aromatic heterocycles. The molecule has 0 saturated carbocycles. The molecule has 2 amide bonds. The lowest BCUT2D eigenvalue weighted by Gasteiger charge is -2.15. The molecule has 0 radical (unpaired) electrons. The number of amides is 2. The Labute approximate surface area is 225 Å². The van der Waals surface area contributed by atoms with Gasteiger partial charge in [0.25, 0.3) is 11.8 Å². The van der Waals surface area contributed by atoms with Crippen molar-refractivity contribution < 1.29 is 28.7 Å². The van der Waals surface area contributed by atoms with Crippen LogP contribution in [-0.4, -0.2) is 30.4 Å². The highest BCUT2D eigenvalue weighted by Crippen LogP contribution is 2.30. The Morgan fingerprint density at radius 3 is 2.08 bits per heavy atom. The summed E-state index contributed by atoms with van der Waals surface area (Å²) in [5, 5.41) is 2.57. The summed E-state index contributed by atoms with van der Waals surface area (Å²) in [4.78, 5) is 51.1. The quantitative estimate of drug-likeness (QED) is 0.207. The lowest BCUT2D eigenvalue weighted by Crippen LogP contribution is -2.32. The van der Waals surface area contributed by atoms with Gasteiger partial charge in [0.15, 0.2) is 0 Å². The van der Waals surface area contributed by atoms with E-state index in [-0.39, 0.29) is 16.4 Å². The second kappa shape index (κ2) is 11.4. The van der Waals surface area contributed by atoms with E-state index in [9.17, 15) is 19.2 Å². The molecule has 4 rings (SSSR count). The van der Waals surface area contributed by atoms with Gasteiger partial charge in [-0.25, -0.2) is 14.5 Å². The van der Waals surface area contributed by atoms with Gasteiger partial charge in [0.05, 0.1) is 23.4 Å². The van der Waals surface area contributed by atoms with Crippen LogP contribution in [0.5, 0.6) is 5.75 Å². The third-order valence-corrected chi connectivity index (χ3v) is 6.12. The van der Waals surface area contributed by atoms with Gasteiger partial charge in [-0.3, -0.25) is 9.59 Å². The Morgan fingerprint density at radius 2 is 1.46 bits per heavy atom. The zero-order valence-corrected chi connectivity index (χ0v) is 21.8. The van der Waals surface area contributed by atoms with Crippen LogP contribution < -0.4 is 15.0 Å². The topological polar surface area (TPSA) is 102 Å². The minimum Gasteiger partial charge on any atom is -0.462 e. The van der Waals surface area contributed by atoms with E-state index in [0.717, 1.165) is 9.37 Å². The number of carbonyl (C=O) groups is 4. The number of halogens is 2. The molecule has 1 N–H and O–H groups in total. The molecule has 8 nitrogen and oxygen atoms in total. The van der Waals surface area contributed by atoms with Gasteiger partial charge in [-0.15, -0.1) is 0 Å². The zero-order chi connectivity index (χ0) is 26.5. The number of carbonyl (C=O) groups excluding carboxylic acids is 4. The predicted molar refractivity (Wildman–Crippen MR) is 142 cm³/mol. The summed E-state index contributed by atoms with van der Waals surface area (Å²) >= 11 is 9.51. The van der Waals surface area contributed by atoms with E-state index in [2.05, 4.69) is 21.2 Å². The maximum Gasteiger partial charge on any atom is 0.343 e. The van der Waals surface area contributed by atoms with E-state index in [1.807, 2.05) is 6.92 Å². The molecule has 0 saturated heterocycles. The van der Waals surface area contributed by atoms with Gasteiger partial charge in [0.2, 0.25) is 0 Å². The summed E-state index contributed by atoms with van der Waals surface area (Å²) in [6.07, 6.45) is 0.694. The van der Waals surface area contributed by atoms with Crippen LogP contribution in [0.2, 0.25) is 0 Å². The fourth-order valence-corrected chi connectivity index (χ4v) is 3.85. The highest BCUT2D eigenvalue weighted by molar-refractivity contribution is 9.10. The first-order valence-corrected chi connectivity index (χ1v) is 12.4. The predicted octanol–water partition coefficient (Wildman–Crippen LogP) is 5.67. The highest BCUT2D eigenvalue weighted by Gasteiger charge is 2.39. The number of nitrogens with zero attached hydrogens (tertiary/aromatic N) is 1. The summed E-state index contributed by atoms with van der Waals surface area (Å²) < 4.78 is 11.3. The molecular formula is C27H20BrClN2O6. The summed E-state index contributed by atoms with van der Waals surface area (Å²) in [6, 6.07) is 18.9. The molecule has 188 valence electrons. The Kier molecular flexibility index (Phi) is 8.05. The molecule has 1 heterocycles. The number of hydrogen-bond acceptors (Lipinski definition) is 7. The van der Waals surface area contributed by atoms with Gasteiger partial charge in [-0.05, 0) is 79.2 Å². The molecule has 0 aliphatic carbocycles. The number of rotatable bonds is 8. The minimum atomic E-state index is -0.704. The van der Waals surface area contributed by atoms with Crippen molar-refractivity contribution in [3.8, 4) is 5.75 Å². The average Bonchev–Trinajstić information content (AvgIpc) is 3.12. The largest absolute Gasteiger partial charge is 0.462 e. The third kappa shape index (κ3) is 5.90. The van der Waals surface area contributed by atoms with Crippen LogP contribution in [-0.2, 0) is 14.3 Å². The van der Waals surface area contributed by atoms with Crippen molar-refractivity contribution >= 4 is 62.7 Å². The average molecular weight is 584 g/mol. The number of anilines is 2. The van der Waals surface area contributed by atoms with E-state index in [0.29, 0.717) is 35.6 Å². The second-order valence-electron chi connectivity index (χ2n) is 7.86. The number of benzene rings is 3. The summed E-state index contributed by atoms with van der Waals surface area (Å²) in [7, 11) is 0. The number of ether oxygens (including phenoxy) is 2. The SMILES string of the molecule is CCCOC(=O)c1ccc(N2C(=O)C(Cl)=C(Nc3ccc(C(=O)Oc4ccc(Br)cc4)cc3)C2=O)cc1. The van der Waals surface area contributed by atoms with Gasteiger partial charge in [0, 0.05) is 10.2 Å². The maximum atomic E-state index is 13.0. The molecule has 0 fully saturated rings. The van der Waals surface area contributed by atoms with Crippen LogP contribution in [0, 0.1) is 0 Å². The lowest BCUT2D eigenvalue weighted by molar-refractivity contribution is -0.120. The van der Waals surface area contributed by atoms with Crippen molar-refractivity contribution in [1.29, 1.82) is 0 Å². The van der Waals surface area contributed by atoms with Crippen LogP contribution in [0.3, 0.4) is 0 Å². The van der Waals surface area contributed by atoms with Gasteiger partial charge in [0.1, 0.15) is 16.5 Å². The normalized spacial score (nSPS) is 13.1. The van der Waals surface area contributed by atoms with E-state index in [1.54, 1.807) is 36.4 Å². The molecule has 3 aromatic carbocycles. The fourth-order valence-electron chi connectivity index (χ4n) is 3.37. The second-order valence-corrected chi connectivity index (χ2v) is 9.16. The van der Waals surface area contributed by atoms with Crippen LogP contribution in [0.15, 0.2) is 88.0 Å².